The number of aryl methyl sites for hydroxylation is 1. The number of H-pyrrole nitrogens is 1. The number of rotatable bonds is 4. The molecule has 0 atom stereocenters. The number of aromatic amines is 1. The fourth-order valence-electron chi connectivity index (χ4n) is 3.64. The molecule has 3 heterocycles. The van der Waals surface area contributed by atoms with Crippen LogP contribution in [0, 0.1) is 6.92 Å². The van der Waals surface area contributed by atoms with Gasteiger partial charge in [-0.3, -0.25) is 0 Å². The lowest BCUT2D eigenvalue weighted by atomic mass is 10.0. The highest BCUT2D eigenvalue weighted by molar-refractivity contribution is 7.89. The van der Waals surface area contributed by atoms with E-state index in [9.17, 15) is 21.6 Å². The second-order valence-electron chi connectivity index (χ2n) is 8.10. The van der Waals surface area contributed by atoms with E-state index < -0.39 is 22.2 Å². The van der Waals surface area contributed by atoms with E-state index in [1.54, 1.807) is 18.3 Å². The summed E-state index contributed by atoms with van der Waals surface area (Å²) in [5.74, 6) is -2.76. The van der Waals surface area contributed by atoms with Crippen LogP contribution in [0.4, 0.5) is 13.2 Å². The molecule has 12 heteroatoms. The van der Waals surface area contributed by atoms with E-state index in [-0.39, 0.29) is 6.04 Å². The van der Waals surface area contributed by atoms with Gasteiger partial charge in [0.05, 0.1) is 4.90 Å². The van der Waals surface area contributed by atoms with Crippen LogP contribution in [-0.2, 0) is 14.8 Å². The number of pyridine rings is 1. The maximum Gasteiger partial charge on any atom is 0.490 e. The minimum Gasteiger partial charge on any atom is -0.475 e. The Labute approximate surface area is 194 Å². The van der Waals surface area contributed by atoms with Crippen molar-refractivity contribution in [2.75, 3.05) is 20.1 Å². The smallest absolute Gasteiger partial charge is 0.475 e. The van der Waals surface area contributed by atoms with Gasteiger partial charge in [-0.05, 0) is 75.3 Å². The van der Waals surface area contributed by atoms with Crippen molar-refractivity contribution < 1.29 is 31.5 Å². The molecule has 2 aromatic heterocycles. The standard InChI is InChI=1S/C20H24N4O2S.C2HF3O2/c1-14-13-19-18(7-10-21-20(19)22-14)15-3-5-17(6-4-15)27(25,26)23-16-8-11-24(2)12-9-16;3-2(4,5)1(6)7/h3-7,10,13,16,23H,8-9,11-12H2,1-2H3,(H,21,22);(H,6,7). The Morgan fingerprint density at radius 2 is 1.76 bits per heavy atom. The van der Waals surface area contributed by atoms with E-state index in [0.29, 0.717) is 4.90 Å². The molecule has 0 aliphatic carbocycles. The number of hydrogen-bond donors (Lipinski definition) is 3. The van der Waals surface area contributed by atoms with E-state index in [1.807, 2.05) is 25.1 Å². The van der Waals surface area contributed by atoms with Crippen LogP contribution in [0.25, 0.3) is 22.2 Å². The molecule has 34 heavy (non-hydrogen) atoms. The molecule has 4 rings (SSSR count). The second-order valence-corrected chi connectivity index (χ2v) is 9.81. The summed E-state index contributed by atoms with van der Waals surface area (Å²) in [5, 5.41) is 8.16. The van der Waals surface area contributed by atoms with Crippen molar-refractivity contribution in [1.82, 2.24) is 19.6 Å². The number of aliphatic carboxylic acids is 1. The van der Waals surface area contributed by atoms with Crippen LogP contribution in [0.2, 0.25) is 0 Å². The van der Waals surface area contributed by atoms with E-state index in [4.69, 9.17) is 9.90 Å². The summed E-state index contributed by atoms with van der Waals surface area (Å²) >= 11 is 0. The Morgan fingerprint density at radius 1 is 1.18 bits per heavy atom. The summed E-state index contributed by atoms with van der Waals surface area (Å²) < 4.78 is 60.0. The summed E-state index contributed by atoms with van der Waals surface area (Å²) in [6.07, 6.45) is -1.63. The predicted molar refractivity (Wildman–Crippen MR) is 121 cm³/mol. The molecule has 0 saturated carbocycles. The lowest BCUT2D eigenvalue weighted by Gasteiger charge is -2.29. The van der Waals surface area contributed by atoms with Crippen LogP contribution >= 0.6 is 0 Å². The van der Waals surface area contributed by atoms with Crippen molar-refractivity contribution in [3.05, 3.63) is 48.3 Å². The highest BCUT2D eigenvalue weighted by atomic mass is 32.2. The molecule has 0 spiro atoms. The first-order valence-corrected chi connectivity index (χ1v) is 11.9. The van der Waals surface area contributed by atoms with Crippen LogP contribution in [0.1, 0.15) is 18.5 Å². The first-order chi connectivity index (χ1) is 15.9. The molecule has 3 N–H and O–H groups in total. The van der Waals surface area contributed by atoms with Gasteiger partial charge in [0.15, 0.2) is 0 Å². The molecule has 0 bridgehead atoms. The van der Waals surface area contributed by atoms with Crippen LogP contribution in [-0.4, -0.2) is 66.7 Å². The van der Waals surface area contributed by atoms with Crippen molar-refractivity contribution in [3.63, 3.8) is 0 Å². The number of carboxylic acid groups (broad SMARTS) is 1. The van der Waals surface area contributed by atoms with Gasteiger partial charge in [0, 0.05) is 23.3 Å². The molecule has 1 aromatic carbocycles. The van der Waals surface area contributed by atoms with Crippen molar-refractivity contribution >= 4 is 27.0 Å². The van der Waals surface area contributed by atoms with Crippen LogP contribution < -0.4 is 4.72 Å². The Bertz CT molecular complexity index is 1250. The zero-order valence-electron chi connectivity index (χ0n) is 18.6. The van der Waals surface area contributed by atoms with Gasteiger partial charge in [0.25, 0.3) is 0 Å². The Kier molecular flexibility index (Phi) is 7.64. The minimum atomic E-state index is -5.08. The van der Waals surface area contributed by atoms with Crippen molar-refractivity contribution in [3.8, 4) is 11.1 Å². The number of fused-ring (bicyclic) bond motifs is 1. The summed E-state index contributed by atoms with van der Waals surface area (Å²) in [5.41, 5.74) is 3.90. The topological polar surface area (TPSA) is 115 Å². The monoisotopic (exact) mass is 498 g/mol. The van der Waals surface area contributed by atoms with Crippen molar-refractivity contribution in [2.24, 2.45) is 0 Å². The Balaban J connectivity index is 0.000000406. The summed E-state index contributed by atoms with van der Waals surface area (Å²) in [4.78, 5) is 19.0. The molecule has 0 radical (unpaired) electrons. The zero-order valence-corrected chi connectivity index (χ0v) is 19.4. The van der Waals surface area contributed by atoms with Gasteiger partial charge < -0.3 is 15.0 Å². The molecule has 184 valence electrons. The molecule has 1 saturated heterocycles. The SMILES string of the molecule is Cc1cc2c(-c3ccc(S(=O)(=O)NC4CCN(C)CC4)cc3)ccnc2[nH]1.O=C(O)C(F)(F)F. The number of carboxylic acids is 1. The van der Waals surface area contributed by atoms with Crippen LogP contribution in [0.5, 0.6) is 0 Å². The number of hydrogen-bond acceptors (Lipinski definition) is 5. The van der Waals surface area contributed by atoms with Gasteiger partial charge in [-0.1, -0.05) is 12.1 Å². The number of nitrogens with one attached hydrogen (secondary N) is 2. The number of aromatic nitrogens is 2. The lowest BCUT2D eigenvalue weighted by molar-refractivity contribution is -0.192. The molecular formula is C22H25F3N4O4S. The first kappa shape index (κ1) is 25.7. The Morgan fingerprint density at radius 3 is 2.32 bits per heavy atom. The van der Waals surface area contributed by atoms with E-state index in [0.717, 1.165) is 53.8 Å². The number of sulfonamides is 1. The average molecular weight is 499 g/mol. The van der Waals surface area contributed by atoms with Gasteiger partial charge in [-0.15, -0.1) is 0 Å². The average Bonchev–Trinajstić information content (AvgIpc) is 3.15. The summed E-state index contributed by atoms with van der Waals surface area (Å²) in [6.45, 7) is 3.83. The maximum atomic E-state index is 12.7. The number of likely N-dealkylation sites (tertiary alicyclic amines) is 1. The third-order valence-corrected chi connectivity index (χ3v) is 6.96. The van der Waals surface area contributed by atoms with E-state index in [1.165, 1.54) is 0 Å². The maximum absolute atomic E-state index is 12.7. The van der Waals surface area contributed by atoms with Crippen LogP contribution in [0.15, 0.2) is 47.5 Å². The number of nitrogens with zero attached hydrogens (tertiary/aromatic N) is 2. The molecule has 8 nitrogen and oxygen atoms in total. The molecule has 1 aliphatic rings. The molecule has 0 amide bonds. The van der Waals surface area contributed by atoms with Gasteiger partial charge in [0.1, 0.15) is 5.65 Å². The fourth-order valence-corrected chi connectivity index (χ4v) is 4.94. The minimum absolute atomic E-state index is 0.00790. The number of halogens is 3. The van der Waals surface area contributed by atoms with Gasteiger partial charge in [-0.25, -0.2) is 22.9 Å². The lowest BCUT2D eigenvalue weighted by Crippen LogP contribution is -2.43. The van der Waals surface area contributed by atoms with Crippen molar-refractivity contribution in [2.45, 2.75) is 36.9 Å². The number of alkyl halides is 3. The van der Waals surface area contributed by atoms with Gasteiger partial charge >= 0.3 is 12.1 Å². The number of piperidine rings is 1. The van der Waals surface area contributed by atoms with Crippen LogP contribution in [0.3, 0.4) is 0 Å². The zero-order chi connectivity index (χ0) is 25.1. The Hall–Kier alpha value is -2.96. The van der Waals surface area contributed by atoms with Crippen molar-refractivity contribution in [1.29, 1.82) is 0 Å². The highest BCUT2D eigenvalue weighted by Crippen LogP contribution is 2.29. The third-order valence-electron chi connectivity index (χ3n) is 5.43. The second kappa shape index (κ2) is 10.1. The van der Waals surface area contributed by atoms with Gasteiger partial charge in [-0.2, -0.15) is 13.2 Å². The third kappa shape index (κ3) is 6.33. The van der Waals surface area contributed by atoms with E-state index >= 15 is 0 Å². The van der Waals surface area contributed by atoms with Gasteiger partial charge in [0.2, 0.25) is 10.0 Å². The molecule has 1 aliphatic heterocycles. The molecule has 1 fully saturated rings. The summed E-state index contributed by atoms with van der Waals surface area (Å²) in [6, 6.07) is 11.1. The fraction of sp³-hybridized carbons (Fsp3) is 0.364. The molecule has 0 unspecified atom stereocenters. The molecule has 3 aromatic rings. The quantitative estimate of drug-likeness (QED) is 0.507. The number of benzene rings is 1. The predicted octanol–water partition coefficient (Wildman–Crippen LogP) is 3.54. The largest absolute Gasteiger partial charge is 0.490 e. The first-order valence-electron chi connectivity index (χ1n) is 10.4. The number of carbonyl (C=O) groups is 1. The highest BCUT2D eigenvalue weighted by Gasteiger charge is 2.38. The van der Waals surface area contributed by atoms with E-state index in [2.05, 4.69) is 32.7 Å². The normalized spacial score (nSPS) is 15.7. The molecular weight excluding hydrogens is 473 g/mol. The summed E-state index contributed by atoms with van der Waals surface area (Å²) in [7, 11) is -1.44.